The smallest absolute Gasteiger partial charge is 0.325 e. The van der Waals surface area contributed by atoms with Crippen LogP contribution in [0.3, 0.4) is 0 Å². The first-order valence-corrected chi connectivity index (χ1v) is 7.04. The molecule has 1 amide bonds. The number of hydrogen-bond acceptors (Lipinski definition) is 5. The highest BCUT2D eigenvalue weighted by Gasteiger charge is 2.12. The fourth-order valence-electron chi connectivity index (χ4n) is 2.01. The van der Waals surface area contributed by atoms with Gasteiger partial charge >= 0.3 is 5.97 Å². The molecule has 0 aromatic heterocycles. The summed E-state index contributed by atoms with van der Waals surface area (Å²) in [5.74, 6) is -0.701. The summed E-state index contributed by atoms with van der Waals surface area (Å²) in [6.07, 6.45) is 0. The average Bonchev–Trinajstić information content (AvgIpc) is 2.54. The topological polar surface area (TPSA) is 67.9 Å². The standard InChI is InChI=1S/C15H20N2O4/c18-14(21-11-8-17-6-9-20-10-7-17)12-16-15(19)13-4-2-1-3-5-13/h1-5H,6-12H2,(H,16,19). The van der Waals surface area contributed by atoms with Gasteiger partial charge in [0.25, 0.3) is 5.91 Å². The molecule has 1 aliphatic heterocycles. The zero-order chi connectivity index (χ0) is 14.9. The normalized spacial score (nSPS) is 15.4. The Hall–Kier alpha value is -1.92. The van der Waals surface area contributed by atoms with Crippen molar-refractivity contribution in [3.05, 3.63) is 35.9 Å². The fourth-order valence-corrected chi connectivity index (χ4v) is 2.01. The van der Waals surface area contributed by atoms with Gasteiger partial charge in [-0.2, -0.15) is 0 Å². The summed E-state index contributed by atoms with van der Waals surface area (Å²) in [7, 11) is 0. The number of esters is 1. The monoisotopic (exact) mass is 292 g/mol. The number of carbonyl (C=O) groups excluding carboxylic acids is 2. The van der Waals surface area contributed by atoms with Crippen LogP contribution in [0.1, 0.15) is 10.4 Å². The van der Waals surface area contributed by atoms with Crippen LogP contribution in [0.15, 0.2) is 30.3 Å². The van der Waals surface area contributed by atoms with Gasteiger partial charge in [-0.15, -0.1) is 0 Å². The van der Waals surface area contributed by atoms with E-state index in [1.165, 1.54) is 0 Å². The van der Waals surface area contributed by atoms with Crippen LogP contribution in [0.5, 0.6) is 0 Å². The first-order valence-electron chi connectivity index (χ1n) is 7.04. The highest BCUT2D eigenvalue weighted by Crippen LogP contribution is 1.98. The van der Waals surface area contributed by atoms with Crippen molar-refractivity contribution in [1.29, 1.82) is 0 Å². The molecule has 1 fully saturated rings. The number of rotatable bonds is 6. The number of ether oxygens (including phenoxy) is 2. The van der Waals surface area contributed by atoms with E-state index in [0.717, 1.165) is 26.3 Å². The van der Waals surface area contributed by atoms with Crippen LogP contribution < -0.4 is 5.32 Å². The van der Waals surface area contributed by atoms with Gasteiger partial charge in [0.1, 0.15) is 13.2 Å². The Morgan fingerprint density at radius 1 is 1.19 bits per heavy atom. The van der Waals surface area contributed by atoms with Gasteiger partial charge in [0.05, 0.1) is 13.2 Å². The van der Waals surface area contributed by atoms with Gasteiger partial charge in [0.2, 0.25) is 0 Å². The largest absolute Gasteiger partial charge is 0.463 e. The van der Waals surface area contributed by atoms with Gasteiger partial charge in [0.15, 0.2) is 0 Å². The van der Waals surface area contributed by atoms with Crippen LogP contribution in [-0.2, 0) is 14.3 Å². The Labute approximate surface area is 124 Å². The van der Waals surface area contributed by atoms with Crippen LogP contribution >= 0.6 is 0 Å². The van der Waals surface area contributed by atoms with E-state index >= 15 is 0 Å². The van der Waals surface area contributed by atoms with Gasteiger partial charge in [-0.25, -0.2) is 0 Å². The second kappa shape index (κ2) is 8.39. The van der Waals surface area contributed by atoms with Crippen molar-refractivity contribution in [3.63, 3.8) is 0 Å². The van der Waals surface area contributed by atoms with Crippen LogP contribution in [0.2, 0.25) is 0 Å². The Bertz CT molecular complexity index is 458. The number of morpholine rings is 1. The molecule has 1 saturated heterocycles. The summed E-state index contributed by atoms with van der Waals surface area (Å²) >= 11 is 0. The first-order chi connectivity index (χ1) is 10.3. The van der Waals surface area contributed by atoms with E-state index in [2.05, 4.69) is 10.2 Å². The van der Waals surface area contributed by atoms with Crippen molar-refractivity contribution >= 4 is 11.9 Å². The quantitative estimate of drug-likeness (QED) is 0.763. The van der Waals surface area contributed by atoms with Crippen molar-refractivity contribution in [1.82, 2.24) is 10.2 Å². The zero-order valence-corrected chi connectivity index (χ0v) is 11.9. The van der Waals surface area contributed by atoms with Gasteiger partial charge in [-0.3, -0.25) is 14.5 Å². The molecule has 0 bridgehead atoms. The summed E-state index contributed by atoms with van der Waals surface area (Å²) < 4.78 is 10.3. The Balaban J connectivity index is 1.60. The van der Waals surface area contributed by atoms with Crippen molar-refractivity contribution in [3.8, 4) is 0 Å². The van der Waals surface area contributed by atoms with Crippen LogP contribution in [-0.4, -0.2) is 62.8 Å². The van der Waals surface area contributed by atoms with Gasteiger partial charge in [0, 0.05) is 25.2 Å². The molecule has 1 aliphatic rings. The summed E-state index contributed by atoms with van der Waals surface area (Å²) in [5.41, 5.74) is 0.526. The molecule has 114 valence electrons. The van der Waals surface area contributed by atoms with Crippen molar-refractivity contribution in [2.24, 2.45) is 0 Å². The summed E-state index contributed by atoms with van der Waals surface area (Å²) in [6, 6.07) is 8.76. The van der Waals surface area contributed by atoms with Crippen LogP contribution in [0.4, 0.5) is 0 Å². The number of nitrogens with zero attached hydrogens (tertiary/aromatic N) is 1. The number of nitrogens with one attached hydrogen (secondary N) is 1. The maximum atomic E-state index is 11.7. The summed E-state index contributed by atoms with van der Waals surface area (Å²) in [4.78, 5) is 25.4. The van der Waals surface area contributed by atoms with Crippen molar-refractivity contribution in [2.75, 3.05) is 46.0 Å². The zero-order valence-electron chi connectivity index (χ0n) is 11.9. The third kappa shape index (κ3) is 5.53. The molecule has 6 nitrogen and oxygen atoms in total. The maximum Gasteiger partial charge on any atom is 0.325 e. The molecule has 6 heteroatoms. The van der Waals surface area contributed by atoms with Crippen LogP contribution in [0, 0.1) is 0 Å². The molecule has 21 heavy (non-hydrogen) atoms. The molecular weight excluding hydrogens is 272 g/mol. The van der Waals surface area contributed by atoms with Crippen molar-refractivity contribution in [2.45, 2.75) is 0 Å². The lowest BCUT2D eigenvalue weighted by Gasteiger charge is -2.26. The maximum absolute atomic E-state index is 11.7. The lowest BCUT2D eigenvalue weighted by molar-refractivity contribution is -0.143. The van der Waals surface area contributed by atoms with E-state index in [1.54, 1.807) is 24.3 Å². The number of hydrogen-bond donors (Lipinski definition) is 1. The molecule has 1 heterocycles. The van der Waals surface area contributed by atoms with Crippen molar-refractivity contribution < 1.29 is 19.1 Å². The summed E-state index contributed by atoms with van der Waals surface area (Å²) in [5, 5.41) is 2.54. The molecule has 0 unspecified atom stereocenters. The minimum absolute atomic E-state index is 0.114. The summed E-state index contributed by atoms with van der Waals surface area (Å²) in [6.45, 7) is 4.09. The predicted octanol–water partition coefficient (Wildman–Crippen LogP) is 0.292. The molecule has 0 spiro atoms. The highest BCUT2D eigenvalue weighted by molar-refractivity contribution is 5.95. The van der Waals surface area contributed by atoms with E-state index in [-0.39, 0.29) is 12.5 Å². The fraction of sp³-hybridized carbons (Fsp3) is 0.467. The first kappa shape index (κ1) is 15.5. The van der Waals surface area contributed by atoms with Crippen LogP contribution in [0.25, 0.3) is 0 Å². The second-order valence-corrected chi connectivity index (χ2v) is 4.72. The lowest BCUT2D eigenvalue weighted by Crippen LogP contribution is -2.39. The molecule has 1 aromatic rings. The van der Waals surface area contributed by atoms with E-state index in [0.29, 0.717) is 18.7 Å². The Morgan fingerprint density at radius 2 is 1.90 bits per heavy atom. The minimum Gasteiger partial charge on any atom is -0.463 e. The number of benzene rings is 1. The predicted molar refractivity (Wildman–Crippen MR) is 77.0 cm³/mol. The second-order valence-electron chi connectivity index (χ2n) is 4.72. The molecule has 0 saturated carbocycles. The Kier molecular flexibility index (Phi) is 6.18. The SMILES string of the molecule is O=C(CNC(=O)c1ccccc1)OCCN1CCOCC1. The van der Waals surface area contributed by atoms with E-state index in [9.17, 15) is 9.59 Å². The number of amides is 1. The molecule has 1 aromatic carbocycles. The lowest BCUT2D eigenvalue weighted by atomic mass is 10.2. The Morgan fingerprint density at radius 3 is 2.62 bits per heavy atom. The molecule has 2 rings (SSSR count). The van der Waals surface area contributed by atoms with Gasteiger partial charge in [-0.1, -0.05) is 18.2 Å². The molecule has 0 aliphatic carbocycles. The third-order valence-corrected chi connectivity index (χ3v) is 3.20. The van der Waals surface area contributed by atoms with E-state index in [4.69, 9.17) is 9.47 Å². The van der Waals surface area contributed by atoms with E-state index < -0.39 is 5.97 Å². The molecular formula is C15H20N2O4. The minimum atomic E-state index is -0.424. The van der Waals surface area contributed by atoms with E-state index in [1.807, 2.05) is 6.07 Å². The number of carbonyl (C=O) groups is 2. The molecule has 0 atom stereocenters. The highest BCUT2D eigenvalue weighted by atomic mass is 16.5. The van der Waals surface area contributed by atoms with Gasteiger partial charge < -0.3 is 14.8 Å². The molecule has 1 N–H and O–H groups in total. The average molecular weight is 292 g/mol. The van der Waals surface area contributed by atoms with Gasteiger partial charge in [-0.05, 0) is 12.1 Å². The third-order valence-electron chi connectivity index (χ3n) is 3.20. The molecule has 0 radical (unpaired) electrons.